The topological polar surface area (TPSA) is 109 Å². The van der Waals surface area contributed by atoms with Gasteiger partial charge in [-0.25, -0.2) is 9.97 Å². The van der Waals surface area contributed by atoms with E-state index in [1.165, 1.54) is 4.90 Å². The van der Waals surface area contributed by atoms with Crippen LogP contribution in [0.25, 0.3) is 0 Å². The van der Waals surface area contributed by atoms with Crippen molar-refractivity contribution < 1.29 is 14.8 Å². The van der Waals surface area contributed by atoms with Crippen LogP contribution < -0.4 is 4.90 Å². The molecule has 1 unspecified atom stereocenters. The minimum absolute atomic E-state index is 0.0671. The van der Waals surface area contributed by atoms with Crippen LogP contribution >= 0.6 is 0 Å². The Kier molecular flexibility index (Phi) is 4.52. The predicted octanol–water partition coefficient (Wildman–Crippen LogP) is 1.07. The highest BCUT2D eigenvalue weighted by atomic mass is 16.6. The van der Waals surface area contributed by atoms with Gasteiger partial charge in [0.05, 0.1) is 4.92 Å². The molecule has 98 valence electrons. The molecule has 1 aromatic heterocycles. The summed E-state index contributed by atoms with van der Waals surface area (Å²) in [5.74, 6) is -0.824. The number of carboxylic acids is 1. The molecule has 1 heterocycles. The van der Waals surface area contributed by atoms with E-state index < -0.39 is 10.9 Å². The summed E-state index contributed by atoms with van der Waals surface area (Å²) in [4.78, 5) is 29.8. The molecule has 0 aliphatic carbocycles. The fourth-order valence-corrected chi connectivity index (χ4v) is 1.35. The minimum atomic E-state index is -1.00. The van der Waals surface area contributed by atoms with Gasteiger partial charge in [0.1, 0.15) is 18.9 Å². The molecular weight excluding hydrogens is 240 g/mol. The number of nitrogens with zero attached hydrogens (tertiary/aromatic N) is 4. The highest BCUT2D eigenvalue weighted by Gasteiger charge is 2.19. The van der Waals surface area contributed by atoms with Crippen LogP contribution in [0.3, 0.4) is 0 Å². The zero-order valence-electron chi connectivity index (χ0n) is 10.1. The fourth-order valence-electron chi connectivity index (χ4n) is 1.35. The number of carboxylic acid groups (broad SMARTS) is 1. The number of aliphatic carboxylic acids is 1. The summed E-state index contributed by atoms with van der Waals surface area (Å²) >= 11 is 0. The van der Waals surface area contributed by atoms with Crippen molar-refractivity contribution in [2.24, 2.45) is 0 Å². The van der Waals surface area contributed by atoms with Gasteiger partial charge in [-0.1, -0.05) is 6.92 Å². The number of carbonyl (C=O) groups is 1. The maximum atomic E-state index is 10.8. The lowest BCUT2D eigenvalue weighted by molar-refractivity contribution is -0.385. The Labute approximate surface area is 103 Å². The van der Waals surface area contributed by atoms with Gasteiger partial charge in [-0.3, -0.25) is 14.9 Å². The smallest absolute Gasteiger partial charge is 0.323 e. The highest BCUT2D eigenvalue weighted by Crippen LogP contribution is 2.15. The number of hydrogen-bond donors (Lipinski definition) is 1. The summed E-state index contributed by atoms with van der Waals surface area (Å²) in [6.45, 7) is 3.51. The zero-order chi connectivity index (χ0) is 13.7. The number of nitro groups is 1. The van der Waals surface area contributed by atoms with Crippen LogP contribution in [0.4, 0.5) is 11.6 Å². The first-order chi connectivity index (χ1) is 8.45. The second kappa shape index (κ2) is 5.89. The molecular formula is C10H14N4O4. The van der Waals surface area contributed by atoms with E-state index in [1.54, 1.807) is 0 Å². The van der Waals surface area contributed by atoms with E-state index in [9.17, 15) is 14.9 Å². The quantitative estimate of drug-likeness (QED) is 0.597. The maximum Gasteiger partial charge on any atom is 0.323 e. The molecule has 0 saturated heterocycles. The van der Waals surface area contributed by atoms with Crippen molar-refractivity contribution in [2.45, 2.75) is 26.3 Å². The van der Waals surface area contributed by atoms with Crippen LogP contribution in [0.15, 0.2) is 12.4 Å². The van der Waals surface area contributed by atoms with Gasteiger partial charge >= 0.3 is 11.7 Å². The molecule has 0 bridgehead atoms. The van der Waals surface area contributed by atoms with E-state index in [1.807, 2.05) is 13.8 Å². The van der Waals surface area contributed by atoms with Crippen LogP contribution in [-0.4, -0.2) is 38.6 Å². The molecule has 8 heteroatoms. The first kappa shape index (κ1) is 13.8. The van der Waals surface area contributed by atoms with Crippen molar-refractivity contribution in [2.75, 3.05) is 11.4 Å². The molecule has 0 aromatic carbocycles. The summed E-state index contributed by atoms with van der Waals surface area (Å²) in [6, 6.07) is -0.0671. The Morgan fingerprint density at radius 1 is 1.56 bits per heavy atom. The molecule has 1 N–H and O–H groups in total. The molecule has 0 radical (unpaired) electrons. The Hall–Kier alpha value is -2.25. The van der Waals surface area contributed by atoms with Crippen molar-refractivity contribution >= 4 is 17.6 Å². The molecule has 0 aliphatic heterocycles. The molecule has 1 atom stereocenters. The summed E-state index contributed by atoms with van der Waals surface area (Å²) in [6.07, 6.45) is 2.85. The van der Waals surface area contributed by atoms with Gasteiger partial charge < -0.3 is 10.0 Å². The van der Waals surface area contributed by atoms with Gasteiger partial charge in [-0.15, -0.1) is 0 Å². The number of aromatic nitrogens is 2. The average molecular weight is 254 g/mol. The van der Waals surface area contributed by atoms with Crippen LogP contribution in [0.2, 0.25) is 0 Å². The van der Waals surface area contributed by atoms with Crippen molar-refractivity contribution in [3.8, 4) is 0 Å². The molecule has 0 aliphatic rings. The number of anilines is 1. The van der Waals surface area contributed by atoms with Crippen LogP contribution in [-0.2, 0) is 4.79 Å². The van der Waals surface area contributed by atoms with E-state index in [0.29, 0.717) is 6.42 Å². The van der Waals surface area contributed by atoms with Gasteiger partial charge in [0.2, 0.25) is 5.95 Å². The molecule has 0 saturated carbocycles. The third-order valence-electron chi connectivity index (χ3n) is 2.52. The molecule has 0 spiro atoms. The lowest BCUT2D eigenvalue weighted by Crippen LogP contribution is -2.38. The highest BCUT2D eigenvalue weighted by molar-refractivity contribution is 5.72. The largest absolute Gasteiger partial charge is 0.480 e. The number of hydrogen-bond acceptors (Lipinski definition) is 6. The molecule has 18 heavy (non-hydrogen) atoms. The normalized spacial score (nSPS) is 11.9. The van der Waals surface area contributed by atoms with Crippen LogP contribution in [0.5, 0.6) is 0 Å². The second-order valence-electron chi connectivity index (χ2n) is 3.78. The summed E-state index contributed by atoms with van der Waals surface area (Å²) < 4.78 is 0. The maximum absolute atomic E-state index is 10.8. The molecule has 1 rings (SSSR count). The van der Waals surface area contributed by atoms with E-state index >= 15 is 0 Å². The Bertz CT molecular complexity index is 434. The van der Waals surface area contributed by atoms with Gasteiger partial charge in [0, 0.05) is 6.04 Å². The molecule has 1 aromatic rings. The van der Waals surface area contributed by atoms with E-state index in [-0.39, 0.29) is 24.2 Å². The van der Waals surface area contributed by atoms with Gasteiger partial charge in [-0.2, -0.15) is 0 Å². The first-order valence-corrected chi connectivity index (χ1v) is 5.40. The predicted molar refractivity (Wildman–Crippen MR) is 63.4 cm³/mol. The van der Waals surface area contributed by atoms with Crippen molar-refractivity contribution in [3.63, 3.8) is 0 Å². The third-order valence-corrected chi connectivity index (χ3v) is 2.52. The Morgan fingerprint density at radius 3 is 2.50 bits per heavy atom. The summed E-state index contributed by atoms with van der Waals surface area (Å²) in [7, 11) is 0. The zero-order valence-corrected chi connectivity index (χ0v) is 10.1. The Morgan fingerprint density at radius 2 is 2.11 bits per heavy atom. The number of rotatable bonds is 6. The van der Waals surface area contributed by atoms with Crippen LogP contribution in [0, 0.1) is 10.1 Å². The second-order valence-corrected chi connectivity index (χ2v) is 3.78. The summed E-state index contributed by atoms with van der Waals surface area (Å²) in [5.41, 5.74) is -0.224. The van der Waals surface area contributed by atoms with Crippen LogP contribution in [0.1, 0.15) is 20.3 Å². The molecule has 0 fully saturated rings. The van der Waals surface area contributed by atoms with E-state index in [4.69, 9.17) is 5.11 Å². The van der Waals surface area contributed by atoms with Crippen molar-refractivity contribution in [3.05, 3.63) is 22.5 Å². The molecule has 0 amide bonds. The lowest BCUT2D eigenvalue weighted by atomic mass is 10.2. The summed E-state index contributed by atoms with van der Waals surface area (Å²) in [5, 5.41) is 19.3. The van der Waals surface area contributed by atoms with E-state index in [0.717, 1.165) is 12.4 Å². The fraction of sp³-hybridized carbons (Fsp3) is 0.500. The SMILES string of the molecule is CCC(C)N(CC(=O)O)c1ncc([N+](=O)[O-])cn1. The van der Waals surface area contributed by atoms with Crippen molar-refractivity contribution in [1.82, 2.24) is 9.97 Å². The first-order valence-electron chi connectivity index (χ1n) is 5.40. The minimum Gasteiger partial charge on any atom is -0.480 e. The average Bonchev–Trinajstić information content (AvgIpc) is 2.35. The Balaban J connectivity index is 2.97. The van der Waals surface area contributed by atoms with Gasteiger partial charge in [-0.05, 0) is 13.3 Å². The monoisotopic (exact) mass is 254 g/mol. The van der Waals surface area contributed by atoms with E-state index in [2.05, 4.69) is 9.97 Å². The molecule has 8 nitrogen and oxygen atoms in total. The van der Waals surface area contributed by atoms with Gasteiger partial charge in [0.15, 0.2) is 0 Å². The van der Waals surface area contributed by atoms with Crippen molar-refractivity contribution in [1.29, 1.82) is 0 Å². The standard InChI is InChI=1S/C10H14N4O4/c1-3-7(2)13(6-9(15)16)10-11-4-8(5-12-10)14(17)18/h4-5,7H,3,6H2,1-2H3,(H,15,16). The van der Waals surface area contributed by atoms with Gasteiger partial charge in [0.25, 0.3) is 0 Å². The third kappa shape index (κ3) is 3.37. The lowest BCUT2D eigenvalue weighted by Gasteiger charge is -2.26.